The molecule has 0 N–H and O–H groups in total. The van der Waals surface area contributed by atoms with Gasteiger partial charge >= 0.3 is 0 Å². The van der Waals surface area contributed by atoms with Gasteiger partial charge in [-0.15, -0.1) is 0 Å². The van der Waals surface area contributed by atoms with Gasteiger partial charge < -0.3 is 9.80 Å². The molecule has 3 heteroatoms. The van der Waals surface area contributed by atoms with Crippen LogP contribution in [0, 0.1) is 0 Å². The van der Waals surface area contributed by atoms with E-state index < -0.39 is 0 Å². The van der Waals surface area contributed by atoms with E-state index in [9.17, 15) is 0 Å². The van der Waals surface area contributed by atoms with Crippen LogP contribution in [0.4, 0.5) is 5.69 Å². The predicted molar refractivity (Wildman–Crippen MR) is 100.0 cm³/mol. The zero-order valence-electron chi connectivity index (χ0n) is 15.9. The van der Waals surface area contributed by atoms with Crippen molar-refractivity contribution in [1.82, 2.24) is 9.88 Å². The van der Waals surface area contributed by atoms with Gasteiger partial charge in [-0.05, 0) is 31.0 Å². The highest BCUT2D eigenvalue weighted by Gasteiger charge is 2.16. The summed E-state index contributed by atoms with van der Waals surface area (Å²) in [7, 11) is 0. The molecule has 0 aromatic carbocycles. The number of pyridine rings is 1. The van der Waals surface area contributed by atoms with Crippen molar-refractivity contribution in [2.45, 2.75) is 60.8 Å². The highest BCUT2D eigenvalue weighted by Crippen LogP contribution is 2.20. The van der Waals surface area contributed by atoms with E-state index in [0.717, 1.165) is 19.5 Å². The minimum atomic E-state index is 0.566. The van der Waals surface area contributed by atoms with Gasteiger partial charge in [0.25, 0.3) is 0 Å². The topological polar surface area (TPSA) is 19.4 Å². The summed E-state index contributed by atoms with van der Waals surface area (Å²) in [6, 6.07) is 4.42. The molecule has 0 spiro atoms. The summed E-state index contributed by atoms with van der Waals surface area (Å²) in [4.78, 5) is 9.55. The molecule has 1 aliphatic heterocycles. The van der Waals surface area contributed by atoms with Gasteiger partial charge in [0.1, 0.15) is 0 Å². The lowest BCUT2D eigenvalue weighted by molar-refractivity contribution is 0.271. The zero-order chi connectivity index (χ0) is 17.0. The largest absolute Gasteiger partial charge is 0.368 e. The van der Waals surface area contributed by atoms with E-state index >= 15 is 0 Å². The number of likely N-dealkylation sites (N-methyl/N-ethyl adjacent to an activating group) is 1. The van der Waals surface area contributed by atoms with Gasteiger partial charge in [0.15, 0.2) is 0 Å². The summed E-state index contributed by atoms with van der Waals surface area (Å²) in [5.74, 6) is 0.566. The van der Waals surface area contributed by atoms with E-state index in [2.05, 4.69) is 47.7 Å². The van der Waals surface area contributed by atoms with E-state index in [0.29, 0.717) is 5.92 Å². The summed E-state index contributed by atoms with van der Waals surface area (Å²) >= 11 is 0. The van der Waals surface area contributed by atoms with Crippen LogP contribution in [0.5, 0.6) is 0 Å². The SMILES string of the molecule is CC.CC.CCC(C)c1ccc(N2CCN(CC)CC2)cn1. The van der Waals surface area contributed by atoms with Crippen molar-refractivity contribution in [2.24, 2.45) is 0 Å². The average molecular weight is 308 g/mol. The molecular weight excluding hydrogens is 270 g/mol. The molecule has 2 rings (SSSR count). The third-order valence-electron chi connectivity index (χ3n) is 4.07. The van der Waals surface area contributed by atoms with E-state index in [-0.39, 0.29) is 0 Å². The Morgan fingerprint density at radius 1 is 1.00 bits per heavy atom. The average Bonchev–Trinajstić information content (AvgIpc) is 2.64. The Labute approximate surface area is 138 Å². The molecule has 0 amide bonds. The molecule has 22 heavy (non-hydrogen) atoms. The number of anilines is 1. The van der Waals surface area contributed by atoms with Crippen molar-refractivity contribution >= 4 is 5.69 Å². The third-order valence-corrected chi connectivity index (χ3v) is 4.07. The first-order valence-electron chi connectivity index (χ1n) is 9.17. The molecule has 1 aliphatic rings. The minimum Gasteiger partial charge on any atom is -0.368 e. The van der Waals surface area contributed by atoms with Gasteiger partial charge in [0.2, 0.25) is 0 Å². The predicted octanol–water partition coefficient (Wildman–Crippen LogP) is 4.79. The maximum atomic E-state index is 4.61. The Kier molecular flexibility index (Phi) is 11.8. The molecule has 0 bridgehead atoms. The molecule has 1 aromatic heterocycles. The molecule has 128 valence electrons. The molecule has 0 aliphatic carbocycles. The quantitative estimate of drug-likeness (QED) is 0.797. The second kappa shape index (κ2) is 12.5. The minimum absolute atomic E-state index is 0.566. The molecule has 1 fully saturated rings. The van der Waals surface area contributed by atoms with Gasteiger partial charge in [-0.25, -0.2) is 0 Å². The Morgan fingerprint density at radius 3 is 2.00 bits per heavy atom. The highest BCUT2D eigenvalue weighted by molar-refractivity contribution is 5.45. The van der Waals surface area contributed by atoms with Crippen LogP contribution in [0.3, 0.4) is 0 Å². The first-order valence-corrected chi connectivity index (χ1v) is 9.17. The lowest BCUT2D eigenvalue weighted by Crippen LogP contribution is -2.46. The van der Waals surface area contributed by atoms with Crippen LogP contribution in [0.1, 0.15) is 66.5 Å². The van der Waals surface area contributed by atoms with Gasteiger partial charge in [0.05, 0.1) is 11.9 Å². The van der Waals surface area contributed by atoms with Gasteiger partial charge in [-0.2, -0.15) is 0 Å². The maximum absolute atomic E-state index is 4.61. The van der Waals surface area contributed by atoms with Gasteiger partial charge in [-0.3, -0.25) is 4.98 Å². The summed E-state index contributed by atoms with van der Waals surface area (Å²) in [6.07, 6.45) is 3.20. The molecule has 3 nitrogen and oxygen atoms in total. The second-order valence-corrected chi connectivity index (χ2v) is 5.17. The summed E-state index contributed by atoms with van der Waals surface area (Å²) in [5, 5.41) is 0. The van der Waals surface area contributed by atoms with Crippen LogP contribution in [0.25, 0.3) is 0 Å². The van der Waals surface area contributed by atoms with Crippen LogP contribution < -0.4 is 4.90 Å². The summed E-state index contributed by atoms with van der Waals surface area (Å²) in [6.45, 7) is 20.4. The first-order chi connectivity index (χ1) is 10.7. The molecule has 1 atom stereocenters. The molecule has 2 heterocycles. The normalized spacial score (nSPS) is 16.0. The first kappa shape index (κ1) is 20.9. The Balaban J connectivity index is 0.00000102. The lowest BCUT2D eigenvalue weighted by atomic mass is 10.0. The van der Waals surface area contributed by atoms with Crippen molar-refractivity contribution in [2.75, 3.05) is 37.6 Å². The van der Waals surface area contributed by atoms with E-state index in [4.69, 9.17) is 0 Å². The molecule has 0 saturated carbocycles. The Morgan fingerprint density at radius 2 is 1.59 bits per heavy atom. The summed E-state index contributed by atoms with van der Waals surface area (Å²) < 4.78 is 0. The van der Waals surface area contributed by atoms with Crippen molar-refractivity contribution in [1.29, 1.82) is 0 Å². The molecule has 1 aromatic rings. The van der Waals surface area contributed by atoms with Crippen molar-refractivity contribution in [3.05, 3.63) is 24.0 Å². The molecule has 1 saturated heterocycles. The van der Waals surface area contributed by atoms with Crippen LogP contribution in [0.2, 0.25) is 0 Å². The molecule has 0 radical (unpaired) electrons. The number of hydrogen-bond acceptors (Lipinski definition) is 3. The number of aromatic nitrogens is 1. The van der Waals surface area contributed by atoms with Crippen LogP contribution in [-0.4, -0.2) is 42.6 Å². The standard InChI is InChI=1S/C15H25N3.2C2H6/c1-4-13(3)15-7-6-14(12-16-15)18-10-8-17(5-2)9-11-18;2*1-2/h6-7,12-13H,4-5,8-11H2,1-3H3;2*1-2H3. The smallest absolute Gasteiger partial charge is 0.0553 e. The third kappa shape index (κ3) is 6.35. The maximum Gasteiger partial charge on any atom is 0.0553 e. The number of rotatable bonds is 4. The van der Waals surface area contributed by atoms with E-state index in [1.807, 2.05) is 33.9 Å². The fraction of sp³-hybridized carbons (Fsp3) is 0.737. The highest BCUT2D eigenvalue weighted by atomic mass is 15.3. The van der Waals surface area contributed by atoms with Gasteiger partial charge in [0, 0.05) is 31.9 Å². The van der Waals surface area contributed by atoms with E-state index in [1.54, 1.807) is 0 Å². The van der Waals surface area contributed by atoms with Crippen molar-refractivity contribution < 1.29 is 0 Å². The summed E-state index contributed by atoms with van der Waals surface area (Å²) in [5.41, 5.74) is 2.49. The number of piperazine rings is 1. The zero-order valence-corrected chi connectivity index (χ0v) is 15.9. The fourth-order valence-electron chi connectivity index (χ4n) is 2.41. The van der Waals surface area contributed by atoms with Crippen LogP contribution >= 0.6 is 0 Å². The Hall–Kier alpha value is -1.09. The molecular formula is C19H37N3. The fourth-order valence-corrected chi connectivity index (χ4v) is 2.41. The van der Waals surface area contributed by atoms with Crippen LogP contribution in [-0.2, 0) is 0 Å². The van der Waals surface area contributed by atoms with Crippen molar-refractivity contribution in [3.8, 4) is 0 Å². The lowest BCUT2D eigenvalue weighted by Gasteiger charge is -2.35. The van der Waals surface area contributed by atoms with Crippen LogP contribution in [0.15, 0.2) is 18.3 Å². The second-order valence-electron chi connectivity index (χ2n) is 5.17. The number of hydrogen-bond donors (Lipinski definition) is 0. The van der Waals surface area contributed by atoms with E-state index in [1.165, 1.54) is 31.0 Å². The van der Waals surface area contributed by atoms with Crippen molar-refractivity contribution in [3.63, 3.8) is 0 Å². The Bertz CT molecular complexity index is 353. The molecule has 1 unspecified atom stereocenters. The number of nitrogens with zero attached hydrogens (tertiary/aromatic N) is 3. The monoisotopic (exact) mass is 307 g/mol. The van der Waals surface area contributed by atoms with Gasteiger partial charge in [-0.1, -0.05) is 48.5 Å².